The molecule has 0 saturated heterocycles. The maximum Gasteiger partial charge on any atom is 0.276 e. The molecule has 8 nitrogen and oxygen atoms in total. The van der Waals surface area contributed by atoms with Crippen LogP contribution < -0.4 is 10.3 Å². The monoisotopic (exact) mass is 549 g/mol. The maximum absolute atomic E-state index is 13.5. The van der Waals surface area contributed by atoms with Gasteiger partial charge in [-0.15, -0.1) is 0 Å². The predicted molar refractivity (Wildman–Crippen MR) is 141 cm³/mol. The summed E-state index contributed by atoms with van der Waals surface area (Å²) < 4.78 is 7.62. The fraction of sp³-hybridized carbons (Fsp3) is 0.296. The van der Waals surface area contributed by atoms with Crippen LogP contribution in [0.25, 0.3) is 16.9 Å². The van der Waals surface area contributed by atoms with Crippen LogP contribution in [0.15, 0.2) is 51.9 Å². The molecule has 0 aliphatic rings. The van der Waals surface area contributed by atoms with Crippen LogP contribution in [-0.2, 0) is 12.2 Å². The van der Waals surface area contributed by atoms with Crippen molar-refractivity contribution >= 4 is 15.9 Å². The van der Waals surface area contributed by atoms with Gasteiger partial charge in [-0.05, 0) is 86.8 Å². The molecule has 3 heterocycles. The highest BCUT2D eigenvalue weighted by atomic mass is 79.9. The van der Waals surface area contributed by atoms with Crippen LogP contribution in [0.5, 0.6) is 5.88 Å². The van der Waals surface area contributed by atoms with Crippen molar-refractivity contribution in [2.75, 3.05) is 0 Å². The molecule has 0 amide bonds. The number of aliphatic hydroxyl groups is 1. The molecule has 36 heavy (non-hydrogen) atoms. The Balaban J connectivity index is 1.75. The zero-order chi connectivity index (χ0) is 26.2. The highest BCUT2D eigenvalue weighted by Crippen LogP contribution is 2.29. The minimum absolute atomic E-state index is 0.196. The van der Waals surface area contributed by atoms with Crippen molar-refractivity contribution in [1.29, 1.82) is 0 Å². The number of rotatable bonds is 6. The van der Waals surface area contributed by atoms with E-state index in [2.05, 4.69) is 35.9 Å². The van der Waals surface area contributed by atoms with E-state index in [1.807, 2.05) is 57.2 Å². The van der Waals surface area contributed by atoms with Crippen LogP contribution in [0.1, 0.15) is 48.0 Å². The Labute approximate surface area is 218 Å². The Bertz CT molecular complexity index is 1510. The summed E-state index contributed by atoms with van der Waals surface area (Å²) in [6, 6.07) is 11.5. The van der Waals surface area contributed by atoms with Gasteiger partial charge >= 0.3 is 0 Å². The van der Waals surface area contributed by atoms with Crippen LogP contribution in [0.4, 0.5) is 0 Å². The first-order chi connectivity index (χ1) is 17.0. The average molecular weight is 550 g/mol. The molecule has 0 atom stereocenters. The molecule has 0 bridgehead atoms. The number of ether oxygens (including phenoxy) is 1. The van der Waals surface area contributed by atoms with Crippen LogP contribution in [0, 0.1) is 27.7 Å². The van der Waals surface area contributed by atoms with E-state index in [0.717, 1.165) is 28.1 Å². The number of aryl methyl sites for hydroxylation is 4. The summed E-state index contributed by atoms with van der Waals surface area (Å²) >= 11 is 3.39. The number of nitrogens with zero attached hydrogens (tertiary/aromatic N) is 5. The Hall–Kier alpha value is -3.43. The third-order valence-electron chi connectivity index (χ3n) is 5.71. The number of aromatic nitrogens is 5. The van der Waals surface area contributed by atoms with E-state index in [1.54, 1.807) is 31.5 Å². The van der Waals surface area contributed by atoms with Crippen molar-refractivity contribution in [3.8, 4) is 22.8 Å². The topological polar surface area (TPSA) is 103 Å². The second-order valence-electron chi connectivity index (χ2n) is 9.26. The van der Waals surface area contributed by atoms with E-state index < -0.39 is 5.60 Å². The van der Waals surface area contributed by atoms with Gasteiger partial charge < -0.3 is 9.84 Å². The quantitative estimate of drug-likeness (QED) is 0.365. The highest BCUT2D eigenvalue weighted by Gasteiger charge is 2.22. The molecule has 0 spiro atoms. The molecule has 4 rings (SSSR count). The molecule has 186 valence electrons. The number of pyridine rings is 1. The first kappa shape index (κ1) is 25.7. The van der Waals surface area contributed by atoms with E-state index in [4.69, 9.17) is 4.74 Å². The average Bonchev–Trinajstić information content (AvgIpc) is 2.81. The minimum atomic E-state index is -1.18. The summed E-state index contributed by atoms with van der Waals surface area (Å²) in [5, 5.41) is 10.4. The Morgan fingerprint density at radius 1 is 1.03 bits per heavy atom. The van der Waals surface area contributed by atoms with Gasteiger partial charge in [-0.25, -0.2) is 9.97 Å². The number of halogens is 1. The summed E-state index contributed by atoms with van der Waals surface area (Å²) in [4.78, 5) is 31.3. The zero-order valence-corrected chi connectivity index (χ0v) is 22.7. The highest BCUT2D eigenvalue weighted by molar-refractivity contribution is 9.10. The lowest BCUT2D eigenvalue weighted by Crippen LogP contribution is -2.24. The lowest BCUT2D eigenvalue weighted by Gasteiger charge is -2.18. The maximum atomic E-state index is 13.5. The standard InChI is InChI=1S/C27H28BrN5O3/c1-15-10-11-19(23-16(2)13-29-26(32-23)27(5,6)35)12-21(15)33-18(4)31-24(22(28)25(33)34)36-14-20-9-7-8-17(3)30-20/h7-13,35H,14H2,1-6H3. The van der Waals surface area contributed by atoms with E-state index in [1.165, 1.54) is 0 Å². The molecule has 1 N–H and O–H groups in total. The van der Waals surface area contributed by atoms with Gasteiger partial charge in [-0.2, -0.15) is 4.98 Å². The van der Waals surface area contributed by atoms with Crippen LogP contribution in [0.3, 0.4) is 0 Å². The van der Waals surface area contributed by atoms with Crippen molar-refractivity contribution in [2.45, 2.75) is 53.8 Å². The first-order valence-electron chi connectivity index (χ1n) is 11.5. The van der Waals surface area contributed by atoms with E-state index in [0.29, 0.717) is 23.0 Å². The number of benzene rings is 1. The minimum Gasteiger partial charge on any atom is -0.470 e. The molecule has 4 aromatic rings. The van der Waals surface area contributed by atoms with Gasteiger partial charge in [0.2, 0.25) is 5.88 Å². The summed E-state index contributed by atoms with van der Waals surface area (Å²) in [6.45, 7) is 11.0. The Morgan fingerprint density at radius 3 is 2.47 bits per heavy atom. The molecule has 0 unspecified atom stereocenters. The fourth-order valence-electron chi connectivity index (χ4n) is 3.81. The van der Waals surface area contributed by atoms with Gasteiger partial charge in [0.15, 0.2) is 5.82 Å². The predicted octanol–water partition coefficient (Wildman–Crippen LogP) is 4.89. The van der Waals surface area contributed by atoms with Gasteiger partial charge in [0, 0.05) is 17.5 Å². The molecule has 0 radical (unpaired) electrons. The third-order valence-corrected chi connectivity index (χ3v) is 6.39. The van der Waals surface area contributed by atoms with Crippen molar-refractivity contribution in [3.05, 3.63) is 91.6 Å². The van der Waals surface area contributed by atoms with Gasteiger partial charge in [-0.1, -0.05) is 18.2 Å². The van der Waals surface area contributed by atoms with Crippen molar-refractivity contribution in [2.24, 2.45) is 0 Å². The zero-order valence-electron chi connectivity index (χ0n) is 21.1. The van der Waals surface area contributed by atoms with Gasteiger partial charge in [0.1, 0.15) is 22.5 Å². The normalized spacial score (nSPS) is 11.6. The van der Waals surface area contributed by atoms with Crippen molar-refractivity contribution < 1.29 is 9.84 Å². The molecule has 0 fully saturated rings. The summed E-state index contributed by atoms with van der Waals surface area (Å²) in [5.41, 5.74) is 4.09. The van der Waals surface area contributed by atoms with Gasteiger partial charge in [0.05, 0.1) is 17.1 Å². The Kier molecular flexibility index (Phi) is 7.06. The molecule has 9 heteroatoms. The largest absolute Gasteiger partial charge is 0.470 e. The lowest BCUT2D eigenvalue weighted by molar-refractivity contribution is 0.0688. The fourth-order valence-corrected chi connectivity index (χ4v) is 4.19. The molecule has 0 saturated carbocycles. The third kappa shape index (κ3) is 5.22. The van der Waals surface area contributed by atoms with Crippen LogP contribution in [0.2, 0.25) is 0 Å². The summed E-state index contributed by atoms with van der Waals surface area (Å²) in [6.07, 6.45) is 1.69. The van der Waals surface area contributed by atoms with Crippen LogP contribution >= 0.6 is 15.9 Å². The molecule has 0 aliphatic carbocycles. The second-order valence-corrected chi connectivity index (χ2v) is 10.1. The van der Waals surface area contributed by atoms with E-state index >= 15 is 0 Å². The first-order valence-corrected chi connectivity index (χ1v) is 12.3. The molecular weight excluding hydrogens is 522 g/mol. The molecule has 3 aromatic heterocycles. The van der Waals surface area contributed by atoms with Crippen molar-refractivity contribution in [3.63, 3.8) is 0 Å². The van der Waals surface area contributed by atoms with Crippen LogP contribution in [-0.4, -0.2) is 29.6 Å². The SMILES string of the molecule is Cc1cccc(COc2nc(C)n(-c3cc(-c4nc(C(C)(C)O)ncc4C)ccc3C)c(=O)c2Br)n1. The van der Waals surface area contributed by atoms with E-state index in [9.17, 15) is 9.90 Å². The Morgan fingerprint density at radius 2 is 1.78 bits per heavy atom. The lowest BCUT2D eigenvalue weighted by atomic mass is 10.0. The molecule has 0 aliphatic heterocycles. The second kappa shape index (κ2) is 9.91. The summed E-state index contributed by atoms with van der Waals surface area (Å²) in [7, 11) is 0. The van der Waals surface area contributed by atoms with Gasteiger partial charge in [0.25, 0.3) is 5.56 Å². The number of hydrogen-bond donors (Lipinski definition) is 1. The van der Waals surface area contributed by atoms with E-state index in [-0.39, 0.29) is 22.5 Å². The molecule has 1 aromatic carbocycles. The summed E-state index contributed by atoms with van der Waals surface area (Å²) in [5.74, 6) is 1.02. The number of hydrogen-bond acceptors (Lipinski definition) is 7. The van der Waals surface area contributed by atoms with Crippen molar-refractivity contribution in [1.82, 2.24) is 24.5 Å². The molecular formula is C27H28BrN5O3. The van der Waals surface area contributed by atoms with Gasteiger partial charge in [-0.3, -0.25) is 14.3 Å². The smallest absolute Gasteiger partial charge is 0.276 e.